The lowest BCUT2D eigenvalue weighted by atomic mass is 9.78. The molecule has 1 saturated heterocycles. The van der Waals surface area contributed by atoms with Gasteiger partial charge in [0.15, 0.2) is 11.7 Å². The number of fused-ring (bicyclic) bond motifs is 1. The predicted molar refractivity (Wildman–Crippen MR) is 149 cm³/mol. The van der Waals surface area contributed by atoms with Gasteiger partial charge in [0.1, 0.15) is 23.0 Å². The van der Waals surface area contributed by atoms with Gasteiger partial charge in [-0.3, -0.25) is 37.0 Å². The van der Waals surface area contributed by atoms with Gasteiger partial charge in [-0.05, 0) is 68.0 Å². The molecular formula is C30H33N5O5. The summed E-state index contributed by atoms with van der Waals surface area (Å²) in [5.74, 6) is 1.19. The number of hydrogen-bond donors (Lipinski definition) is 6. The Morgan fingerprint density at radius 2 is 1.30 bits per heavy atom. The zero-order valence-electron chi connectivity index (χ0n) is 22.0. The van der Waals surface area contributed by atoms with E-state index in [9.17, 15) is 15.2 Å². The first-order valence-electron chi connectivity index (χ1n) is 13.5. The highest BCUT2D eigenvalue weighted by Gasteiger charge is 2.36. The molecule has 2 fully saturated rings. The number of carbonyl (C=O) groups excluding carboxylic acids is 1. The van der Waals surface area contributed by atoms with Gasteiger partial charge in [-0.1, -0.05) is 37.1 Å². The summed E-state index contributed by atoms with van der Waals surface area (Å²) in [7, 11) is 0. The van der Waals surface area contributed by atoms with Gasteiger partial charge in [-0.15, -0.1) is 0 Å². The van der Waals surface area contributed by atoms with E-state index in [1.54, 1.807) is 66.7 Å². The largest absolute Gasteiger partial charge is 0.456 e. The molecule has 2 aliphatic rings. The van der Waals surface area contributed by atoms with E-state index in [1.165, 1.54) is 6.42 Å². The third kappa shape index (κ3) is 5.78. The maximum atomic E-state index is 14.0. The number of hydrogen-bond acceptors (Lipinski definition) is 7. The molecule has 0 bridgehead atoms. The van der Waals surface area contributed by atoms with E-state index in [-0.39, 0.29) is 23.6 Å². The lowest BCUT2D eigenvalue weighted by Crippen LogP contribution is -2.49. The van der Waals surface area contributed by atoms with Crippen molar-refractivity contribution in [2.24, 2.45) is 5.92 Å². The Bertz CT molecular complexity index is 1330. The highest BCUT2D eigenvalue weighted by molar-refractivity contribution is 5.99. The van der Waals surface area contributed by atoms with Crippen LogP contribution in [0.5, 0.6) is 23.0 Å². The van der Waals surface area contributed by atoms with Crippen LogP contribution in [0.3, 0.4) is 0 Å². The molecule has 0 spiro atoms. The molecule has 6 N–H and O–H groups in total. The van der Waals surface area contributed by atoms with Crippen molar-refractivity contribution in [2.45, 2.75) is 44.6 Å². The van der Waals surface area contributed by atoms with Gasteiger partial charge < -0.3 is 14.4 Å². The molecule has 1 saturated carbocycles. The van der Waals surface area contributed by atoms with Gasteiger partial charge in [-0.2, -0.15) is 0 Å². The number of nitrogens with one attached hydrogen (secondary N) is 4. The highest BCUT2D eigenvalue weighted by Crippen LogP contribution is 2.38. The van der Waals surface area contributed by atoms with Gasteiger partial charge in [0, 0.05) is 24.2 Å². The fourth-order valence-electron chi connectivity index (χ4n) is 5.75. The van der Waals surface area contributed by atoms with Gasteiger partial charge in [0.25, 0.3) is 5.91 Å². The topological polar surface area (TPSA) is 151 Å². The molecule has 3 aromatic rings. The number of rotatable bonds is 7. The van der Waals surface area contributed by atoms with Crippen LogP contribution in [0.2, 0.25) is 0 Å². The third-order valence-corrected chi connectivity index (χ3v) is 7.62. The van der Waals surface area contributed by atoms with Crippen LogP contribution in [-0.2, 0) is 0 Å². The molecule has 2 unspecified atom stereocenters. The first-order chi connectivity index (χ1) is 19.5. The molecule has 1 aliphatic heterocycles. The smallest absolute Gasteiger partial charge is 0.254 e. The van der Waals surface area contributed by atoms with Crippen molar-refractivity contribution in [3.63, 3.8) is 0 Å². The number of nitrogens with zero attached hydrogens (tertiary/aromatic N) is 1. The van der Waals surface area contributed by atoms with Crippen molar-refractivity contribution >= 4 is 17.6 Å². The number of para-hydroxylation sites is 2. The zero-order chi connectivity index (χ0) is 28.1. The van der Waals surface area contributed by atoms with Crippen LogP contribution in [-0.4, -0.2) is 45.5 Å². The number of amidine groups is 2. The van der Waals surface area contributed by atoms with Crippen LogP contribution in [0.25, 0.3) is 0 Å². The number of hydroxylamine groups is 2. The Balaban J connectivity index is 1.53. The number of amides is 1. The van der Waals surface area contributed by atoms with Crippen molar-refractivity contribution in [1.29, 1.82) is 10.8 Å². The predicted octanol–water partition coefficient (Wildman–Crippen LogP) is 5.67. The van der Waals surface area contributed by atoms with Crippen LogP contribution in [0, 0.1) is 16.7 Å². The maximum Gasteiger partial charge on any atom is 0.254 e. The summed E-state index contributed by atoms with van der Waals surface area (Å²) in [5.41, 5.74) is 4.75. The quantitative estimate of drug-likeness (QED) is 0.128. The summed E-state index contributed by atoms with van der Waals surface area (Å²) in [6.07, 6.45) is 6.60. The first kappa shape index (κ1) is 27.2. The van der Waals surface area contributed by atoms with Gasteiger partial charge >= 0.3 is 0 Å². The van der Waals surface area contributed by atoms with Crippen LogP contribution in [0.15, 0.2) is 66.7 Å². The van der Waals surface area contributed by atoms with Crippen molar-refractivity contribution < 1.29 is 24.7 Å². The van der Waals surface area contributed by atoms with E-state index < -0.39 is 0 Å². The number of carbonyl (C=O) groups is 1. The molecule has 10 heteroatoms. The van der Waals surface area contributed by atoms with E-state index in [4.69, 9.17) is 20.3 Å². The van der Waals surface area contributed by atoms with E-state index in [0.717, 1.165) is 32.1 Å². The Kier molecular flexibility index (Phi) is 8.28. The van der Waals surface area contributed by atoms with E-state index in [1.807, 2.05) is 15.9 Å². The third-order valence-electron chi connectivity index (χ3n) is 7.62. The van der Waals surface area contributed by atoms with Gasteiger partial charge in [0.05, 0.1) is 11.1 Å². The number of piperidine rings is 1. The summed E-state index contributed by atoms with van der Waals surface area (Å²) in [5, 5.41) is 34.6. The van der Waals surface area contributed by atoms with E-state index >= 15 is 0 Å². The maximum absolute atomic E-state index is 14.0. The summed E-state index contributed by atoms with van der Waals surface area (Å²) >= 11 is 0. The molecule has 5 rings (SSSR count). The van der Waals surface area contributed by atoms with E-state index in [2.05, 4.69) is 0 Å². The van der Waals surface area contributed by atoms with E-state index in [0.29, 0.717) is 52.2 Å². The Morgan fingerprint density at radius 1 is 0.775 bits per heavy atom. The van der Waals surface area contributed by atoms with Gasteiger partial charge in [0.2, 0.25) is 0 Å². The van der Waals surface area contributed by atoms with Crippen LogP contribution in [0.4, 0.5) is 0 Å². The summed E-state index contributed by atoms with van der Waals surface area (Å²) in [6, 6.07) is 18.7. The minimum Gasteiger partial charge on any atom is -0.456 e. The molecular weight excluding hydrogens is 510 g/mol. The van der Waals surface area contributed by atoms with Crippen LogP contribution >= 0.6 is 0 Å². The fourth-order valence-corrected chi connectivity index (χ4v) is 5.75. The number of likely N-dealkylation sites (tertiary alicyclic amines) is 1. The average molecular weight is 544 g/mol. The summed E-state index contributed by atoms with van der Waals surface area (Å²) < 4.78 is 12.3. The highest BCUT2D eigenvalue weighted by atomic mass is 16.5. The molecule has 40 heavy (non-hydrogen) atoms. The normalized spacial score (nSPS) is 18.3. The Morgan fingerprint density at radius 3 is 1.88 bits per heavy atom. The Labute approximate surface area is 232 Å². The minimum atomic E-state index is -0.236. The second-order valence-electron chi connectivity index (χ2n) is 10.1. The average Bonchev–Trinajstić information content (AvgIpc) is 3.00. The van der Waals surface area contributed by atoms with Crippen molar-refractivity contribution in [2.75, 3.05) is 6.54 Å². The van der Waals surface area contributed by atoms with Crippen molar-refractivity contribution in [3.8, 4) is 23.0 Å². The van der Waals surface area contributed by atoms with Crippen molar-refractivity contribution in [1.82, 2.24) is 15.9 Å². The lowest BCUT2D eigenvalue weighted by molar-refractivity contribution is 0.0390. The fraction of sp³-hybridized carbons (Fsp3) is 0.300. The van der Waals surface area contributed by atoms with Crippen LogP contribution in [0.1, 0.15) is 60.0 Å². The van der Waals surface area contributed by atoms with Crippen LogP contribution < -0.4 is 20.4 Å². The van der Waals surface area contributed by atoms with Crippen molar-refractivity contribution in [3.05, 3.63) is 83.4 Å². The second-order valence-corrected chi connectivity index (χ2v) is 10.1. The SMILES string of the molecule is N=C(NO)c1ccccc1Oc1cc(Oc2ccccc2C(=N)NO)cc(C(=O)N2CCCC3CCCCC32)c1. The first-order valence-corrected chi connectivity index (χ1v) is 13.5. The molecule has 0 radical (unpaired) electrons. The van der Waals surface area contributed by atoms with Gasteiger partial charge in [-0.25, -0.2) is 0 Å². The number of benzene rings is 3. The summed E-state index contributed by atoms with van der Waals surface area (Å²) in [6.45, 7) is 0.700. The molecule has 1 amide bonds. The second kappa shape index (κ2) is 12.2. The monoisotopic (exact) mass is 543 g/mol. The molecule has 0 aromatic heterocycles. The number of ether oxygens (including phenoxy) is 2. The minimum absolute atomic E-state index is 0.0944. The summed E-state index contributed by atoms with van der Waals surface area (Å²) in [4.78, 5) is 16.0. The molecule has 1 aliphatic carbocycles. The molecule has 1 heterocycles. The lowest BCUT2D eigenvalue weighted by Gasteiger charge is -2.44. The molecule has 2 atom stereocenters. The Hall–Kier alpha value is -4.41. The zero-order valence-corrected chi connectivity index (χ0v) is 22.0. The molecule has 10 nitrogen and oxygen atoms in total. The molecule has 3 aromatic carbocycles. The molecule has 208 valence electrons. The standard InChI is InChI=1S/C30H33N5O5/c31-28(33-37)23-10-2-5-13-26(23)39-21-16-20(30(36)35-15-7-9-19-8-1-4-12-25(19)35)17-22(18-21)40-27-14-6-3-11-24(27)29(32)34-38/h2-3,5-6,10-11,13-14,16-19,25,37-38H,1,4,7-9,12,15H2,(H2,31,33)(H2,32,34).